The van der Waals surface area contributed by atoms with Crippen molar-refractivity contribution in [3.63, 3.8) is 0 Å². The van der Waals surface area contributed by atoms with Crippen LogP contribution in [0.2, 0.25) is 0 Å². The Kier molecular flexibility index (Phi) is 3.53. The monoisotopic (exact) mass is 223 g/mol. The van der Waals surface area contributed by atoms with Crippen LogP contribution >= 0.6 is 0 Å². The number of rotatable bonds is 4. The third kappa shape index (κ3) is 2.59. The van der Waals surface area contributed by atoms with E-state index in [1.165, 1.54) is 0 Å². The van der Waals surface area contributed by atoms with Crippen LogP contribution in [0, 0.1) is 12.8 Å². The van der Waals surface area contributed by atoms with E-state index in [-0.39, 0.29) is 0 Å². The zero-order valence-corrected chi connectivity index (χ0v) is 9.36. The van der Waals surface area contributed by atoms with Gasteiger partial charge in [-0.1, -0.05) is 0 Å². The fourth-order valence-corrected chi connectivity index (χ4v) is 1.68. The van der Waals surface area contributed by atoms with E-state index < -0.39 is 0 Å². The van der Waals surface area contributed by atoms with Crippen molar-refractivity contribution in [3.8, 4) is 0 Å². The highest BCUT2D eigenvalue weighted by Gasteiger charge is 2.15. The first-order chi connectivity index (χ1) is 7.79. The molecular formula is C10H17N5O. The number of nitrogens with one attached hydrogen (secondary N) is 2. The summed E-state index contributed by atoms with van der Waals surface area (Å²) in [4.78, 5) is 8.28. The van der Waals surface area contributed by atoms with Crippen LogP contribution in [-0.4, -0.2) is 29.7 Å². The van der Waals surface area contributed by atoms with Crippen molar-refractivity contribution in [3.05, 3.63) is 11.8 Å². The summed E-state index contributed by atoms with van der Waals surface area (Å²) in [6, 6.07) is 0. The van der Waals surface area contributed by atoms with Gasteiger partial charge in [-0.05, 0) is 13.3 Å². The molecule has 0 aliphatic carbocycles. The van der Waals surface area contributed by atoms with Gasteiger partial charge in [0.25, 0.3) is 0 Å². The van der Waals surface area contributed by atoms with Gasteiger partial charge in [-0.3, -0.25) is 5.43 Å². The summed E-state index contributed by atoms with van der Waals surface area (Å²) in [5.74, 6) is 7.09. The summed E-state index contributed by atoms with van der Waals surface area (Å²) in [5.41, 5.74) is 3.45. The summed E-state index contributed by atoms with van der Waals surface area (Å²) in [7, 11) is 0. The summed E-state index contributed by atoms with van der Waals surface area (Å²) in [6.07, 6.45) is 2.86. The molecule has 1 fully saturated rings. The van der Waals surface area contributed by atoms with Crippen LogP contribution < -0.4 is 16.6 Å². The van der Waals surface area contributed by atoms with Gasteiger partial charge in [0, 0.05) is 30.8 Å². The third-order valence-corrected chi connectivity index (χ3v) is 2.68. The van der Waals surface area contributed by atoms with Crippen LogP contribution in [0.4, 0.5) is 11.8 Å². The van der Waals surface area contributed by atoms with Crippen molar-refractivity contribution < 1.29 is 4.74 Å². The standard InChI is InChI=1S/C10H17N5O/c1-7-4-13-10(15-11)14-9(7)12-5-8-2-3-16-6-8/h4,8H,2-3,5-6,11H2,1H3,(H2,12,13,14,15). The average molecular weight is 223 g/mol. The van der Waals surface area contributed by atoms with Crippen molar-refractivity contribution in [1.29, 1.82) is 0 Å². The van der Waals surface area contributed by atoms with Gasteiger partial charge in [0.2, 0.25) is 5.95 Å². The minimum atomic E-state index is 0.427. The molecule has 1 aliphatic heterocycles. The summed E-state index contributed by atoms with van der Waals surface area (Å²) < 4.78 is 5.32. The number of hydrogen-bond donors (Lipinski definition) is 3. The minimum absolute atomic E-state index is 0.427. The SMILES string of the molecule is Cc1cnc(NN)nc1NCC1CCOC1. The highest BCUT2D eigenvalue weighted by Crippen LogP contribution is 2.16. The van der Waals surface area contributed by atoms with E-state index in [1.807, 2.05) is 6.92 Å². The van der Waals surface area contributed by atoms with Gasteiger partial charge in [-0.25, -0.2) is 10.8 Å². The molecule has 1 aromatic rings. The number of anilines is 2. The second kappa shape index (κ2) is 5.09. The molecule has 16 heavy (non-hydrogen) atoms. The molecule has 0 saturated carbocycles. The average Bonchev–Trinajstić information content (AvgIpc) is 2.81. The molecule has 6 heteroatoms. The van der Waals surface area contributed by atoms with Gasteiger partial charge in [-0.2, -0.15) is 4.98 Å². The fourth-order valence-electron chi connectivity index (χ4n) is 1.68. The first kappa shape index (κ1) is 11.1. The van der Waals surface area contributed by atoms with E-state index in [0.717, 1.165) is 37.6 Å². The number of aryl methyl sites for hydroxylation is 1. The van der Waals surface area contributed by atoms with Crippen LogP contribution in [0.5, 0.6) is 0 Å². The molecule has 6 nitrogen and oxygen atoms in total. The van der Waals surface area contributed by atoms with Crippen LogP contribution in [-0.2, 0) is 4.74 Å². The van der Waals surface area contributed by atoms with E-state index in [0.29, 0.717) is 11.9 Å². The van der Waals surface area contributed by atoms with E-state index >= 15 is 0 Å². The van der Waals surface area contributed by atoms with Crippen LogP contribution in [0.1, 0.15) is 12.0 Å². The molecule has 1 atom stereocenters. The van der Waals surface area contributed by atoms with Gasteiger partial charge in [0.15, 0.2) is 0 Å². The Hall–Kier alpha value is -1.40. The summed E-state index contributed by atoms with van der Waals surface area (Å²) in [5, 5.41) is 3.30. The Bertz CT molecular complexity index is 351. The second-order valence-corrected chi connectivity index (χ2v) is 3.98. The lowest BCUT2D eigenvalue weighted by molar-refractivity contribution is 0.187. The van der Waals surface area contributed by atoms with E-state index in [1.54, 1.807) is 6.20 Å². The number of hydrazine groups is 1. The van der Waals surface area contributed by atoms with E-state index in [4.69, 9.17) is 10.6 Å². The van der Waals surface area contributed by atoms with Gasteiger partial charge < -0.3 is 10.1 Å². The molecule has 0 spiro atoms. The molecule has 0 amide bonds. The molecule has 2 rings (SSSR count). The van der Waals surface area contributed by atoms with Crippen molar-refractivity contribution in [2.45, 2.75) is 13.3 Å². The lowest BCUT2D eigenvalue weighted by Gasteiger charge is -2.12. The number of nitrogens with two attached hydrogens (primary N) is 1. The zero-order chi connectivity index (χ0) is 11.4. The first-order valence-electron chi connectivity index (χ1n) is 5.41. The quantitative estimate of drug-likeness (QED) is 0.509. The predicted octanol–water partition coefficient (Wildman–Crippen LogP) is 0.519. The lowest BCUT2D eigenvalue weighted by Crippen LogP contribution is -2.17. The molecule has 4 N–H and O–H groups in total. The number of hydrogen-bond acceptors (Lipinski definition) is 6. The molecule has 1 unspecified atom stereocenters. The minimum Gasteiger partial charge on any atom is -0.381 e. The van der Waals surface area contributed by atoms with Crippen molar-refractivity contribution >= 4 is 11.8 Å². The van der Waals surface area contributed by atoms with Crippen molar-refractivity contribution in [1.82, 2.24) is 9.97 Å². The number of nitrogens with zero attached hydrogens (tertiary/aromatic N) is 2. The Morgan fingerprint density at radius 1 is 1.62 bits per heavy atom. The highest BCUT2D eigenvalue weighted by molar-refractivity contribution is 5.45. The molecule has 1 saturated heterocycles. The molecule has 2 heterocycles. The van der Waals surface area contributed by atoms with Crippen LogP contribution in [0.3, 0.4) is 0 Å². The maximum Gasteiger partial charge on any atom is 0.239 e. The lowest BCUT2D eigenvalue weighted by atomic mass is 10.1. The molecule has 0 aromatic carbocycles. The predicted molar refractivity (Wildman–Crippen MR) is 62.0 cm³/mol. The van der Waals surface area contributed by atoms with Gasteiger partial charge in [-0.15, -0.1) is 0 Å². The van der Waals surface area contributed by atoms with Gasteiger partial charge in [0.05, 0.1) is 6.61 Å². The highest BCUT2D eigenvalue weighted by atomic mass is 16.5. The molecule has 1 aliphatic rings. The van der Waals surface area contributed by atoms with Crippen LogP contribution in [0.25, 0.3) is 0 Å². The Morgan fingerprint density at radius 2 is 2.50 bits per heavy atom. The normalized spacial score (nSPS) is 19.8. The molecule has 88 valence electrons. The molecule has 1 aromatic heterocycles. The molecule has 0 radical (unpaired) electrons. The fraction of sp³-hybridized carbons (Fsp3) is 0.600. The third-order valence-electron chi connectivity index (χ3n) is 2.68. The van der Waals surface area contributed by atoms with E-state index in [2.05, 4.69) is 20.7 Å². The summed E-state index contributed by atoms with van der Waals surface area (Å²) >= 11 is 0. The molecule has 0 bridgehead atoms. The maximum absolute atomic E-state index is 5.32. The zero-order valence-electron chi connectivity index (χ0n) is 9.36. The second-order valence-electron chi connectivity index (χ2n) is 3.98. The number of ether oxygens (including phenoxy) is 1. The summed E-state index contributed by atoms with van der Waals surface area (Å²) in [6.45, 7) is 4.54. The molecular weight excluding hydrogens is 206 g/mol. The van der Waals surface area contributed by atoms with Crippen LogP contribution in [0.15, 0.2) is 6.20 Å². The Morgan fingerprint density at radius 3 is 3.19 bits per heavy atom. The van der Waals surface area contributed by atoms with Gasteiger partial charge in [0.1, 0.15) is 5.82 Å². The topological polar surface area (TPSA) is 85.1 Å². The van der Waals surface area contributed by atoms with Crippen molar-refractivity contribution in [2.75, 3.05) is 30.5 Å². The van der Waals surface area contributed by atoms with E-state index in [9.17, 15) is 0 Å². The van der Waals surface area contributed by atoms with Crippen molar-refractivity contribution in [2.24, 2.45) is 11.8 Å². The Balaban J connectivity index is 1.96. The number of aromatic nitrogens is 2. The number of nitrogen functional groups attached to an aromatic ring is 1. The Labute approximate surface area is 94.6 Å². The smallest absolute Gasteiger partial charge is 0.239 e. The largest absolute Gasteiger partial charge is 0.381 e. The van der Waals surface area contributed by atoms with Gasteiger partial charge >= 0.3 is 0 Å². The first-order valence-corrected chi connectivity index (χ1v) is 5.41. The maximum atomic E-state index is 5.32.